The molecule has 5 aromatic rings. The largest absolute Gasteiger partial charge is 0.497 e. The van der Waals surface area contributed by atoms with Crippen LogP contribution in [0, 0.1) is 0 Å². The van der Waals surface area contributed by atoms with E-state index in [4.69, 9.17) is 21.3 Å². The van der Waals surface area contributed by atoms with Crippen molar-refractivity contribution in [1.29, 1.82) is 0 Å². The Hall–Kier alpha value is -3.29. The Morgan fingerprint density at radius 3 is 2.46 bits per heavy atom. The molecule has 0 bridgehead atoms. The summed E-state index contributed by atoms with van der Waals surface area (Å²) in [6, 6.07) is 15.6. The van der Waals surface area contributed by atoms with Crippen LogP contribution >= 0.6 is 22.9 Å². The number of aromatic nitrogens is 4. The maximum Gasteiger partial charge on any atom is 0.224 e. The molecular formula is C27H25ClN4O2S. The number of rotatable bonds is 5. The monoisotopic (exact) mass is 504 g/mol. The first-order valence-corrected chi connectivity index (χ1v) is 13.1. The van der Waals surface area contributed by atoms with Crippen LogP contribution in [-0.2, 0) is 0 Å². The Balaban J connectivity index is 1.53. The zero-order chi connectivity index (χ0) is 23.9. The number of ether oxygens (including phenoxy) is 1. The van der Waals surface area contributed by atoms with E-state index >= 15 is 0 Å². The van der Waals surface area contributed by atoms with Gasteiger partial charge >= 0.3 is 0 Å². The Morgan fingerprint density at radius 1 is 1.03 bits per heavy atom. The van der Waals surface area contributed by atoms with Crippen LogP contribution in [0.15, 0.2) is 53.9 Å². The zero-order valence-electron chi connectivity index (χ0n) is 19.3. The van der Waals surface area contributed by atoms with Gasteiger partial charge in [-0.1, -0.05) is 43.0 Å². The number of halogens is 1. The Kier molecular flexibility index (Phi) is 5.74. The molecule has 1 aliphatic carbocycles. The minimum absolute atomic E-state index is 0.157. The zero-order valence-corrected chi connectivity index (χ0v) is 20.9. The van der Waals surface area contributed by atoms with Crippen LogP contribution in [0.4, 0.5) is 0 Å². The Bertz CT molecular complexity index is 1480. The van der Waals surface area contributed by atoms with Crippen LogP contribution in [0.1, 0.15) is 43.7 Å². The van der Waals surface area contributed by atoms with Crippen LogP contribution < -0.4 is 4.74 Å². The second-order valence-electron chi connectivity index (χ2n) is 8.95. The van der Waals surface area contributed by atoms with Gasteiger partial charge in [-0.2, -0.15) is 5.10 Å². The number of benzene rings is 2. The number of hydrogen-bond acceptors (Lipinski definition) is 5. The van der Waals surface area contributed by atoms with Crippen molar-refractivity contribution in [2.75, 3.05) is 7.11 Å². The van der Waals surface area contributed by atoms with E-state index in [9.17, 15) is 5.11 Å². The van der Waals surface area contributed by atoms with Crippen molar-refractivity contribution in [2.24, 2.45) is 0 Å². The van der Waals surface area contributed by atoms with Crippen molar-refractivity contribution < 1.29 is 9.84 Å². The molecule has 2 aromatic carbocycles. The fraction of sp³-hybridized carbons (Fsp3) is 0.259. The first-order chi connectivity index (χ1) is 17.1. The molecule has 6 nitrogen and oxygen atoms in total. The molecular weight excluding hydrogens is 480 g/mol. The van der Waals surface area contributed by atoms with Gasteiger partial charge in [-0.05, 0) is 49.2 Å². The molecule has 0 saturated heterocycles. The molecule has 3 heterocycles. The highest BCUT2D eigenvalue weighted by molar-refractivity contribution is 7.12. The van der Waals surface area contributed by atoms with Crippen LogP contribution in [0.2, 0.25) is 5.02 Å². The summed E-state index contributed by atoms with van der Waals surface area (Å²) in [5, 5.41) is 23.6. The molecule has 8 heteroatoms. The molecule has 0 aliphatic heterocycles. The third kappa shape index (κ3) is 3.89. The summed E-state index contributed by atoms with van der Waals surface area (Å²) in [5.41, 5.74) is 5.42. The fourth-order valence-electron chi connectivity index (χ4n) is 5.13. The van der Waals surface area contributed by atoms with Gasteiger partial charge in [0, 0.05) is 33.1 Å². The molecule has 1 saturated carbocycles. The number of nitrogens with one attached hydrogen (secondary N) is 1. The third-order valence-electron chi connectivity index (χ3n) is 6.88. The van der Waals surface area contributed by atoms with Gasteiger partial charge in [-0.15, -0.1) is 11.3 Å². The van der Waals surface area contributed by atoms with Gasteiger partial charge in [0.05, 0.1) is 18.2 Å². The van der Waals surface area contributed by atoms with Crippen molar-refractivity contribution in [3.05, 3.63) is 64.6 Å². The van der Waals surface area contributed by atoms with Gasteiger partial charge < -0.3 is 9.84 Å². The molecule has 0 amide bonds. The summed E-state index contributed by atoms with van der Waals surface area (Å²) >= 11 is 7.60. The van der Waals surface area contributed by atoms with Gasteiger partial charge in [0.25, 0.3) is 0 Å². The van der Waals surface area contributed by atoms with E-state index in [2.05, 4.69) is 10.2 Å². The van der Waals surface area contributed by atoms with Crippen molar-refractivity contribution in [3.8, 4) is 39.3 Å². The molecule has 0 radical (unpaired) electrons. The third-order valence-corrected chi connectivity index (χ3v) is 7.96. The lowest BCUT2D eigenvalue weighted by atomic mass is 9.85. The number of thiazole rings is 1. The Labute approximate surface area is 212 Å². The van der Waals surface area contributed by atoms with Crippen molar-refractivity contribution in [2.45, 2.75) is 38.0 Å². The number of aromatic hydroxyl groups is 1. The summed E-state index contributed by atoms with van der Waals surface area (Å²) < 4.78 is 7.27. The van der Waals surface area contributed by atoms with Gasteiger partial charge in [0.15, 0.2) is 5.13 Å². The highest BCUT2D eigenvalue weighted by Crippen LogP contribution is 2.46. The highest BCUT2D eigenvalue weighted by atomic mass is 35.5. The topological polar surface area (TPSA) is 76.0 Å². The molecule has 3 aromatic heterocycles. The van der Waals surface area contributed by atoms with E-state index in [0.717, 1.165) is 57.3 Å². The average Bonchev–Trinajstić information content (AvgIpc) is 3.61. The van der Waals surface area contributed by atoms with E-state index in [1.165, 1.54) is 30.6 Å². The van der Waals surface area contributed by atoms with Gasteiger partial charge in [-0.3, -0.25) is 9.67 Å². The van der Waals surface area contributed by atoms with Gasteiger partial charge in [0.2, 0.25) is 5.88 Å². The van der Waals surface area contributed by atoms with E-state index in [0.29, 0.717) is 16.5 Å². The summed E-state index contributed by atoms with van der Waals surface area (Å²) in [4.78, 5) is 4.92. The standard InChI is InChI=1S/C27H25ClN4O2S/c1-34-20-13-9-17(10-14-20)23-22-24(31-30-23)26(33)32(25(22)18-5-3-2-4-6-18)27-29-21(15-35-27)16-7-11-19(28)12-8-16/h7-15,18,31,33H,2-6H2,1H3. The smallest absolute Gasteiger partial charge is 0.224 e. The van der Waals surface area contributed by atoms with Crippen LogP contribution in [-0.4, -0.2) is 32.0 Å². The van der Waals surface area contributed by atoms with Gasteiger partial charge in [0.1, 0.15) is 17.0 Å². The lowest BCUT2D eigenvalue weighted by Crippen LogP contribution is -2.10. The van der Waals surface area contributed by atoms with Crippen LogP contribution in [0.5, 0.6) is 11.6 Å². The second-order valence-corrected chi connectivity index (χ2v) is 10.2. The molecule has 178 valence electrons. The average molecular weight is 505 g/mol. The SMILES string of the molecule is COc1ccc(-c2n[nH]c3c(O)n(-c4nc(-c5ccc(Cl)cc5)cs4)c(C4CCCCC4)c23)cc1. The molecule has 6 rings (SSSR count). The van der Waals surface area contributed by atoms with Crippen molar-refractivity contribution in [1.82, 2.24) is 19.7 Å². The molecule has 1 aliphatic rings. The second kappa shape index (κ2) is 9.06. The predicted molar refractivity (Wildman–Crippen MR) is 141 cm³/mol. The number of hydrogen-bond donors (Lipinski definition) is 2. The van der Waals surface area contributed by atoms with E-state index in [-0.39, 0.29) is 5.88 Å². The minimum atomic E-state index is 0.157. The Morgan fingerprint density at radius 2 is 1.74 bits per heavy atom. The molecule has 1 fully saturated rings. The summed E-state index contributed by atoms with van der Waals surface area (Å²) in [6.07, 6.45) is 5.78. The quantitative estimate of drug-likeness (QED) is 0.259. The molecule has 0 atom stereocenters. The first-order valence-electron chi connectivity index (χ1n) is 11.8. The van der Waals surface area contributed by atoms with E-state index in [1.807, 2.05) is 58.5 Å². The summed E-state index contributed by atoms with van der Waals surface area (Å²) in [7, 11) is 1.66. The molecule has 2 N–H and O–H groups in total. The van der Waals surface area contributed by atoms with Gasteiger partial charge in [-0.25, -0.2) is 4.98 Å². The molecule has 0 spiro atoms. The van der Waals surface area contributed by atoms with E-state index in [1.54, 1.807) is 7.11 Å². The van der Waals surface area contributed by atoms with Crippen LogP contribution in [0.25, 0.3) is 38.5 Å². The summed E-state index contributed by atoms with van der Waals surface area (Å²) in [5.74, 6) is 1.28. The fourth-order valence-corrected chi connectivity index (χ4v) is 6.10. The molecule has 35 heavy (non-hydrogen) atoms. The number of nitrogens with zero attached hydrogens (tertiary/aromatic N) is 3. The summed E-state index contributed by atoms with van der Waals surface area (Å²) in [6.45, 7) is 0. The number of H-pyrrole nitrogens is 1. The van der Waals surface area contributed by atoms with E-state index < -0.39 is 0 Å². The minimum Gasteiger partial charge on any atom is -0.497 e. The first kappa shape index (κ1) is 22.2. The van der Waals surface area contributed by atoms with Crippen molar-refractivity contribution in [3.63, 3.8) is 0 Å². The number of methoxy groups -OCH3 is 1. The van der Waals surface area contributed by atoms with Crippen molar-refractivity contribution >= 4 is 33.8 Å². The lowest BCUT2D eigenvalue weighted by Gasteiger charge is -2.23. The van der Waals surface area contributed by atoms with Crippen LogP contribution in [0.3, 0.4) is 0 Å². The lowest BCUT2D eigenvalue weighted by molar-refractivity contribution is 0.413. The molecule has 0 unspecified atom stereocenters. The highest BCUT2D eigenvalue weighted by Gasteiger charge is 2.31. The predicted octanol–water partition coefficient (Wildman–Crippen LogP) is 7.56. The number of fused-ring (bicyclic) bond motifs is 1. The number of aromatic amines is 1. The maximum atomic E-state index is 11.4. The maximum absolute atomic E-state index is 11.4. The normalized spacial score (nSPS) is 14.6.